The van der Waals surface area contributed by atoms with Crippen LogP contribution in [0.5, 0.6) is 0 Å². The lowest BCUT2D eigenvalue weighted by molar-refractivity contribution is -0.900. The first-order valence-corrected chi connectivity index (χ1v) is 12.1. The molecule has 0 spiro atoms. The first-order valence-electron chi connectivity index (χ1n) is 12.1. The van der Waals surface area contributed by atoms with Crippen molar-refractivity contribution in [1.29, 1.82) is 0 Å². The smallest absolute Gasteiger partial charge is 0.273 e. The van der Waals surface area contributed by atoms with E-state index >= 15 is 0 Å². The monoisotopic (exact) mass is 477 g/mol. The Kier molecular flexibility index (Phi) is 6.50. The van der Waals surface area contributed by atoms with Gasteiger partial charge in [0.15, 0.2) is 5.65 Å². The highest BCUT2D eigenvalue weighted by atomic mass is 19.1. The molecule has 8 nitrogen and oxygen atoms in total. The van der Waals surface area contributed by atoms with Gasteiger partial charge in [-0.2, -0.15) is 4.98 Å². The Hall–Kier alpha value is -3.72. The summed E-state index contributed by atoms with van der Waals surface area (Å²) in [5, 5.41) is 3.88. The van der Waals surface area contributed by atoms with Crippen LogP contribution in [0.25, 0.3) is 16.6 Å². The van der Waals surface area contributed by atoms with Crippen LogP contribution in [-0.2, 0) is 11.3 Å². The number of amides is 1. The lowest BCUT2D eigenvalue weighted by Gasteiger charge is -2.33. The molecule has 2 aromatic heterocycles. The van der Waals surface area contributed by atoms with Crippen molar-refractivity contribution >= 4 is 28.1 Å². The lowest BCUT2D eigenvalue weighted by atomic mass is 10.2. The van der Waals surface area contributed by atoms with Gasteiger partial charge in [0, 0.05) is 30.1 Å². The Morgan fingerprint density at radius 2 is 1.86 bits per heavy atom. The van der Waals surface area contributed by atoms with Crippen LogP contribution in [0, 0.1) is 12.7 Å². The van der Waals surface area contributed by atoms with E-state index in [0.717, 1.165) is 55.7 Å². The van der Waals surface area contributed by atoms with Crippen molar-refractivity contribution in [2.24, 2.45) is 0 Å². The van der Waals surface area contributed by atoms with Crippen LogP contribution in [0.3, 0.4) is 0 Å². The molecule has 0 radical (unpaired) electrons. The van der Waals surface area contributed by atoms with Gasteiger partial charge in [-0.15, -0.1) is 0 Å². The zero-order chi connectivity index (χ0) is 24.4. The molecule has 0 saturated carbocycles. The van der Waals surface area contributed by atoms with Gasteiger partial charge >= 0.3 is 0 Å². The number of nitrogens with one attached hydrogen (secondary N) is 2. The summed E-state index contributed by atoms with van der Waals surface area (Å²) in [7, 11) is 0. The second-order valence-electron chi connectivity index (χ2n) is 9.09. The van der Waals surface area contributed by atoms with Gasteiger partial charge < -0.3 is 15.1 Å². The SMILES string of the molecule is Cc1cc(=O)nc2c3ccccc3n(CC(=O)NCCC[NH+]3CCN(c4ccccc4F)CC3)n12. The minimum absolute atomic E-state index is 0.0786. The molecule has 1 amide bonds. The summed E-state index contributed by atoms with van der Waals surface area (Å²) in [6, 6.07) is 16.1. The number of hydrogen-bond donors (Lipinski definition) is 2. The summed E-state index contributed by atoms with van der Waals surface area (Å²) in [5.74, 6) is -0.246. The number of piperazine rings is 1. The van der Waals surface area contributed by atoms with Gasteiger partial charge in [-0.3, -0.25) is 14.3 Å². The summed E-state index contributed by atoms with van der Waals surface area (Å²) >= 11 is 0. The number of anilines is 1. The molecule has 9 heteroatoms. The third kappa shape index (κ3) is 4.77. The normalized spacial score (nSPS) is 14.6. The Balaban J connectivity index is 1.15. The molecule has 3 heterocycles. The molecule has 182 valence electrons. The fraction of sp³-hybridized carbons (Fsp3) is 0.346. The van der Waals surface area contributed by atoms with Gasteiger partial charge in [-0.1, -0.05) is 24.3 Å². The van der Waals surface area contributed by atoms with Gasteiger partial charge in [0.25, 0.3) is 5.56 Å². The van der Waals surface area contributed by atoms with Gasteiger partial charge in [0.05, 0.1) is 43.9 Å². The molecule has 0 unspecified atom stereocenters. The van der Waals surface area contributed by atoms with Crippen molar-refractivity contribution in [2.45, 2.75) is 19.9 Å². The zero-order valence-electron chi connectivity index (χ0n) is 19.8. The molecule has 5 rings (SSSR count). The van der Waals surface area contributed by atoms with Crippen LogP contribution in [0.1, 0.15) is 12.1 Å². The van der Waals surface area contributed by atoms with E-state index in [2.05, 4.69) is 15.2 Å². The molecule has 0 bridgehead atoms. The number of rotatable bonds is 7. The van der Waals surface area contributed by atoms with Crippen molar-refractivity contribution in [3.05, 3.63) is 76.5 Å². The standard InChI is InChI=1S/C26H29FN6O2/c1-19-17-24(34)29-26-20-7-2-4-9-22(20)32(33(19)26)18-25(35)28-11-6-12-30-13-15-31(16-14-30)23-10-5-3-8-21(23)27/h2-5,7-10,17H,6,11-16,18H2,1H3,(H,28,35)/p+1. The number of carbonyl (C=O) groups excluding carboxylic acids is 1. The van der Waals surface area contributed by atoms with Crippen LogP contribution in [0.2, 0.25) is 0 Å². The van der Waals surface area contributed by atoms with E-state index in [1.165, 1.54) is 17.0 Å². The molecule has 2 N–H and O–H groups in total. The highest BCUT2D eigenvalue weighted by molar-refractivity contribution is 5.93. The van der Waals surface area contributed by atoms with Crippen molar-refractivity contribution < 1.29 is 14.1 Å². The summed E-state index contributed by atoms with van der Waals surface area (Å²) in [6.07, 6.45) is 0.876. The van der Waals surface area contributed by atoms with Crippen LogP contribution < -0.4 is 20.7 Å². The minimum Gasteiger partial charge on any atom is -0.358 e. The van der Waals surface area contributed by atoms with Gasteiger partial charge in [-0.05, 0) is 31.2 Å². The summed E-state index contributed by atoms with van der Waals surface area (Å²) in [6.45, 7) is 7.11. The van der Waals surface area contributed by atoms with E-state index in [1.807, 2.05) is 52.5 Å². The molecular formula is C26H30FN6O2+. The second-order valence-corrected chi connectivity index (χ2v) is 9.09. The Morgan fingerprint density at radius 1 is 1.11 bits per heavy atom. The molecular weight excluding hydrogens is 447 g/mol. The van der Waals surface area contributed by atoms with Crippen molar-refractivity contribution in [1.82, 2.24) is 19.5 Å². The van der Waals surface area contributed by atoms with E-state index in [0.29, 0.717) is 17.9 Å². The minimum atomic E-state index is -0.285. The molecule has 35 heavy (non-hydrogen) atoms. The molecule has 2 aromatic carbocycles. The maximum Gasteiger partial charge on any atom is 0.273 e. The number of aryl methyl sites for hydroxylation is 1. The highest BCUT2D eigenvalue weighted by Gasteiger charge is 2.21. The van der Waals surface area contributed by atoms with E-state index in [1.54, 1.807) is 6.07 Å². The van der Waals surface area contributed by atoms with Crippen molar-refractivity contribution in [3.63, 3.8) is 0 Å². The number of para-hydroxylation sites is 2. The Labute approximate surface area is 202 Å². The molecule has 0 aliphatic carbocycles. The van der Waals surface area contributed by atoms with Gasteiger partial charge in [0.2, 0.25) is 5.91 Å². The van der Waals surface area contributed by atoms with Crippen molar-refractivity contribution in [2.75, 3.05) is 44.2 Å². The lowest BCUT2D eigenvalue weighted by Crippen LogP contribution is -3.15. The molecule has 1 aliphatic heterocycles. The molecule has 4 aromatic rings. The fourth-order valence-electron chi connectivity index (χ4n) is 5.00. The Morgan fingerprint density at radius 3 is 2.66 bits per heavy atom. The maximum atomic E-state index is 14.0. The van der Waals surface area contributed by atoms with Crippen LogP contribution in [-0.4, -0.2) is 59.4 Å². The van der Waals surface area contributed by atoms with E-state index < -0.39 is 0 Å². The first-order chi connectivity index (χ1) is 17.0. The number of fused-ring (bicyclic) bond motifs is 3. The van der Waals surface area contributed by atoms with E-state index in [4.69, 9.17) is 0 Å². The fourth-order valence-corrected chi connectivity index (χ4v) is 5.00. The van der Waals surface area contributed by atoms with Crippen LogP contribution in [0.4, 0.5) is 10.1 Å². The quantitative estimate of drug-likeness (QED) is 0.390. The zero-order valence-corrected chi connectivity index (χ0v) is 19.8. The predicted octanol–water partition coefficient (Wildman–Crippen LogP) is 1.01. The summed E-state index contributed by atoms with van der Waals surface area (Å²) in [5.41, 5.74) is 2.56. The third-order valence-corrected chi connectivity index (χ3v) is 6.73. The van der Waals surface area contributed by atoms with Crippen LogP contribution >= 0.6 is 0 Å². The number of quaternary nitrogens is 1. The molecule has 1 fully saturated rings. The van der Waals surface area contributed by atoms with Gasteiger partial charge in [-0.25, -0.2) is 8.91 Å². The molecule has 1 saturated heterocycles. The number of hydrogen-bond acceptors (Lipinski definition) is 4. The topological polar surface area (TPSA) is 76.1 Å². The second kappa shape index (κ2) is 9.87. The maximum absolute atomic E-state index is 14.0. The average Bonchev–Trinajstić information content (AvgIpc) is 3.16. The number of benzene rings is 2. The highest BCUT2D eigenvalue weighted by Crippen LogP contribution is 2.21. The van der Waals surface area contributed by atoms with Crippen molar-refractivity contribution in [3.8, 4) is 0 Å². The molecule has 1 aliphatic rings. The van der Waals surface area contributed by atoms with E-state index in [9.17, 15) is 14.0 Å². The first kappa shape index (κ1) is 23.0. The van der Waals surface area contributed by atoms with Gasteiger partial charge in [0.1, 0.15) is 12.4 Å². The number of halogens is 1. The number of aromatic nitrogens is 3. The largest absolute Gasteiger partial charge is 0.358 e. The Bertz CT molecular complexity index is 1420. The third-order valence-electron chi connectivity index (χ3n) is 6.73. The summed E-state index contributed by atoms with van der Waals surface area (Å²) in [4.78, 5) is 32.5. The van der Waals surface area contributed by atoms with E-state index in [-0.39, 0.29) is 23.8 Å². The summed E-state index contributed by atoms with van der Waals surface area (Å²) < 4.78 is 17.7. The van der Waals surface area contributed by atoms with Crippen LogP contribution in [0.15, 0.2) is 59.4 Å². The molecule has 0 atom stereocenters. The number of carbonyl (C=O) groups is 1. The number of nitrogens with zero attached hydrogens (tertiary/aromatic N) is 4. The average molecular weight is 478 g/mol. The predicted molar refractivity (Wildman–Crippen MR) is 133 cm³/mol.